The van der Waals surface area contributed by atoms with Gasteiger partial charge in [0.15, 0.2) is 34.6 Å². The highest BCUT2D eigenvalue weighted by Gasteiger charge is 2.21. The summed E-state index contributed by atoms with van der Waals surface area (Å²) in [6, 6.07) is 17.8. The van der Waals surface area contributed by atoms with Gasteiger partial charge in [0.2, 0.25) is 0 Å². The fourth-order valence-corrected chi connectivity index (χ4v) is 4.28. The van der Waals surface area contributed by atoms with Gasteiger partial charge >= 0.3 is 23.9 Å². The van der Waals surface area contributed by atoms with E-state index in [1.54, 1.807) is 30.3 Å². The Morgan fingerprint density at radius 3 is 1.12 bits per heavy atom. The molecule has 0 saturated carbocycles. The summed E-state index contributed by atoms with van der Waals surface area (Å²) in [7, 11) is 0. The molecule has 254 valence electrons. The maximum atomic E-state index is 15.6. The van der Waals surface area contributed by atoms with E-state index >= 15 is 8.78 Å². The van der Waals surface area contributed by atoms with Crippen molar-refractivity contribution in [2.24, 2.45) is 0 Å². The van der Waals surface area contributed by atoms with E-state index in [1.807, 2.05) is 0 Å². The summed E-state index contributed by atoms with van der Waals surface area (Å²) < 4.78 is 52.5. The van der Waals surface area contributed by atoms with Gasteiger partial charge in [0.25, 0.3) is 0 Å². The van der Waals surface area contributed by atoms with Gasteiger partial charge in [-0.2, -0.15) is 0 Å². The van der Waals surface area contributed by atoms with Crippen LogP contribution in [0.3, 0.4) is 0 Å². The van der Waals surface area contributed by atoms with Gasteiger partial charge in [-0.25, -0.2) is 28.0 Å². The Morgan fingerprint density at radius 2 is 0.720 bits per heavy atom. The monoisotopic (exact) mass is 678 g/mol. The lowest BCUT2D eigenvalue weighted by Gasteiger charge is -2.14. The second-order valence-corrected chi connectivity index (χ2v) is 11.4. The van der Waals surface area contributed by atoms with Gasteiger partial charge in [0.1, 0.15) is 0 Å². The molecule has 0 fully saturated rings. The van der Waals surface area contributed by atoms with Crippen molar-refractivity contribution in [3.8, 4) is 56.4 Å². The van der Waals surface area contributed by atoms with E-state index < -0.39 is 35.5 Å². The first kappa shape index (κ1) is 36.4. The molecule has 50 heavy (non-hydrogen) atoms. The molecule has 0 unspecified atom stereocenters. The molecule has 8 nitrogen and oxygen atoms in total. The highest BCUT2D eigenvalue weighted by atomic mass is 19.2. The third-order valence-corrected chi connectivity index (χ3v) is 7.01. The molecule has 0 aliphatic carbocycles. The van der Waals surface area contributed by atoms with Crippen molar-refractivity contribution in [1.29, 1.82) is 0 Å². The smallest absolute Gasteiger partial charge is 0.338 e. The number of hydrogen-bond acceptors (Lipinski definition) is 8. The highest BCUT2D eigenvalue weighted by molar-refractivity contribution is 5.92. The summed E-state index contributed by atoms with van der Waals surface area (Å²) in [5.41, 5.74) is 1.95. The Balaban J connectivity index is 1.67. The number of hydrogen-bond donors (Lipinski definition) is 0. The molecule has 0 aromatic heterocycles. The lowest BCUT2D eigenvalue weighted by Crippen LogP contribution is -2.13. The predicted octanol–water partition coefficient (Wildman–Crippen LogP) is 8.89. The average Bonchev–Trinajstić information content (AvgIpc) is 3.07. The van der Waals surface area contributed by atoms with Crippen molar-refractivity contribution >= 4 is 23.9 Å². The van der Waals surface area contributed by atoms with E-state index in [1.165, 1.54) is 70.2 Å². The molecule has 0 aliphatic heterocycles. The molecule has 0 atom stereocenters. The summed E-state index contributed by atoms with van der Waals surface area (Å²) in [6.07, 6.45) is 0. The van der Waals surface area contributed by atoms with Crippen LogP contribution >= 0.6 is 0 Å². The maximum Gasteiger partial charge on any atom is 0.338 e. The van der Waals surface area contributed by atoms with Gasteiger partial charge in [-0.1, -0.05) is 74.8 Å². The van der Waals surface area contributed by atoms with Crippen LogP contribution in [0.1, 0.15) is 27.7 Å². The van der Waals surface area contributed by atoms with Gasteiger partial charge in [0.05, 0.1) is 0 Å². The zero-order valence-electron chi connectivity index (χ0n) is 27.8. The van der Waals surface area contributed by atoms with Gasteiger partial charge in [-0.15, -0.1) is 0 Å². The van der Waals surface area contributed by atoms with Crippen LogP contribution in [0.4, 0.5) is 8.78 Å². The van der Waals surface area contributed by atoms with E-state index in [4.69, 9.17) is 18.9 Å². The maximum absolute atomic E-state index is 15.6. The number of ether oxygens (including phenoxy) is 4. The molecule has 0 N–H and O–H groups in total. The topological polar surface area (TPSA) is 105 Å². The molecule has 0 amide bonds. The quantitative estimate of drug-likeness (QED) is 0.0880. The molecule has 0 spiro atoms. The number of rotatable bonds is 11. The molecule has 0 aliphatic rings. The van der Waals surface area contributed by atoms with Gasteiger partial charge in [0, 0.05) is 33.4 Å². The molecule has 10 heteroatoms. The fraction of sp³-hybridized carbons (Fsp3) is 0.100. The van der Waals surface area contributed by atoms with E-state index in [0.717, 1.165) is 0 Å². The largest absolute Gasteiger partial charge is 0.419 e. The third-order valence-electron chi connectivity index (χ3n) is 7.01. The third kappa shape index (κ3) is 8.35. The Morgan fingerprint density at radius 1 is 0.420 bits per heavy atom. The second kappa shape index (κ2) is 15.2. The minimum absolute atomic E-state index is 0.00535. The van der Waals surface area contributed by atoms with Crippen molar-refractivity contribution in [1.82, 2.24) is 0 Å². The molecule has 4 aromatic rings. The zero-order chi connectivity index (χ0) is 36.9. The molecular weight excluding hydrogens is 646 g/mol. The zero-order valence-corrected chi connectivity index (χ0v) is 27.8. The van der Waals surface area contributed by atoms with Crippen molar-refractivity contribution < 1.29 is 46.9 Å². The Labute approximate surface area is 287 Å². The molecule has 0 heterocycles. The van der Waals surface area contributed by atoms with Crippen molar-refractivity contribution in [3.05, 3.63) is 133 Å². The van der Waals surface area contributed by atoms with Crippen LogP contribution in [0.2, 0.25) is 0 Å². The van der Waals surface area contributed by atoms with Crippen LogP contribution in [0.25, 0.3) is 33.4 Å². The molecular formula is C40H32F2O8. The first-order valence-corrected chi connectivity index (χ1v) is 14.9. The van der Waals surface area contributed by atoms with E-state index in [2.05, 4.69) is 26.3 Å². The van der Waals surface area contributed by atoms with E-state index in [-0.39, 0.29) is 62.0 Å². The van der Waals surface area contributed by atoms with Crippen LogP contribution in [-0.2, 0) is 19.2 Å². The standard InChI is InChI=1S/C40H32F2O8/c1-21(2)37(43)47-31-17-13-27(19-33(31)49-39(45)23(5)6)25-9-11-26(12-10-25)29-15-16-30(36(42)35(29)41)28-14-18-32(48-38(44)22(3)4)34(20-28)50-40(46)24(7)8/h9-20H,1,3,5,7H2,2,4,6,8H3. The molecule has 4 rings (SSSR count). The summed E-state index contributed by atoms with van der Waals surface area (Å²) in [6.45, 7) is 20.0. The normalized spacial score (nSPS) is 10.4. The van der Waals surface area contributed by atoms with E-state index in [9.17, 15) is 19.2 Å². The second-order valence-electron chi connectivity index (χ2n) is 11.4. The number of halogens is 2. The SMILES string of the molecule is C=C(C)C(=O)Oc1ccc(-c2ccc(-c3ccc(-c4ccc(OC(=O)C(=C)C)c(OC(=O)C(=C)C)c4)c(F)c3F)cc2)cc1OC(=O)C(=C)C. The average molecular weight is 679 g/mol. The predicted molar refractivity (Wildman–Crippen MR) is 184 cm³/mol. The van der Waals surface area contributed by atoms with Crippen molar-refractivity contribution in [2.75, 3.05) is 0 Å². The molecule has 0 bridgehead atoms. The minimum atomic E-state index is -1.17. The van der Waals surface area contributed by atoms with Crippen LogP contribution < -0.4 is 18.9 Å². The van der Waals surface area contributed by atoms with Crippen molar-refractivity contribution in [2.45, 2.75) is 27.7 Å². The first-order chi connectivity index (χ1) is 23.6. The van der Waals surface area contributed by atoms with Gasteiger partial charge in [-0.3, -0.25) is 0 Å². The van der Waals surface area contributed by atoms with Crippen molar-refractivity contribution in [3.63, 3.8) is 0 Å². The summed E-state index contributed by atoms with van der Waals surface area (Å²) in [4.78, 5) is 48.8. The summed E-state index contributed by atoms with van der Waals surface area (Å²) >= 11 is 0. The molecule has 4 aromatic carbocycles. The lowest BCUT2D eigenvalue weighted by atomic mass is 9.96. The van der Waals surface area contributed by atoms with Crippen LogP contribution in [-0.4, -0.2) is 23.9 Å². The van der Waals surface area contributed by atoms with Gasteiger partial charge < -0.3 is 18.9 Å². The highest BCUT2D eigenvalue weighted by Crippen LogP contribution is 2.38. The van der Waals surface area contributed by atoms with Gasteiger partial charge in [-0.05, 0) is 74.2 Å². The summed E-state index contributed by atoms with van der Waals surface area (Å²) in [5, 5.41) is 0. The lowest BCUT2D eigenvalue weighted by molar-refractivity contribution is -0.132. The Hall–Kier alpha value is -6.42. The Bertz CT molecular complexity index is 2110. The minimum Gasteiger partial charge on any atom is -0.419 e. The Kier molecular flexibility index (Phi) is 11.1. The van der Waals surface area contributed by atoms with Crippen LogP contribution in [0, 0.1) is 11.6 Å². The van der Waals surface area contributed by atoms with Crippen LogP contribution in [0.5, 0.6) is 23.0 Å². The number of benzene rings is 4. The molecule has 0 radical (unpaired) electrons. The van der Waals surface area contributed by atoms with E-state index in [0.29, 0.717) is 16.7 Å². The number of esters is 4. The number of carbonyl (C=O) groups is 4. The molecule has 0 saturated heterocycles. The first-order valence-electron chi connectivity index (χ1n) is 14.9. The number of carbonyl (C=O) groups excluding carboxylic acids is 4. The fourth-order valence-electron chi connectivity index (χ4n) is 4.28. The summed E-state index contributed by atoms with van der Waals surface area (Å²) in [5.74, 6) is -5.68. The van der Waals surface area contributed by atoms with Crippen LogP contribution in [0.15, 0.2) is 121 Å².